The highest BCUT2D eigenvalue weighted by atomic mass is 32.4. The fourth-order valence-corrected chi connectivity index (χ4v) is 13.1. The first-order valence-electron chi connectivity index (χ1n) is 7.83. The first-order chi connectivity index (χ1) is 11.6. The lowest BCUT2D eigenvalue weighted by Crippen LogP contribution is -2.52. The molecule has 14 heteroatoms. The van der Waals surface area contributed by atoms with Crippen LogP contribution in [0.25, 0.3) is 0 Å². The summed E-state index contributed by atoms with van der Waals surface area (Å²) in [7, 11) is -16.8. The van der Waals surface area contributed by atoms with Crippen LogP contribution in [0, 0.1) is 0 Å². The van der Waals surface area contributed by atoms with Gasteiger partial charge >= 0.3 is 31.1 Å². The van der Waals surface area contributed by atoms with Gasteiger partial charge in [0.15, 0.2) is 0 Å². The van der Waals surface area contributed by atoms with Gasteiger partial charge in [-0.15, -0.1) is 0 Å². The number of rotatable bonds is 7. The lowest BCUT2D eigenvalue weighted by atomic mass is 10.3. The highest BCUT2D eigenvalue weighted by Crippen LogP contribution is 2.61. The van der Waals surface area contributed by atoms with Gasteiger partial charge in [-0.2, -0.15) is 36.6 Å². The molecule has 0 atom stereocenters. The average molecular weight is 453 g/mol. The van der Waals surface area contributed by atoms with Crippen LogP contribution in [-0.4, -0.2) is 48.2 Å². The fourth-order valence-electron chi connectivity index (χ4n) is 2.78. The molecule has 0 unspecified atom stereocenters. The third kappa shape index (κ3) is 4.61. The lowest BCUT2D eigenvalue weighted by molar-refractivity contribution is -0.0505. The predicted molar refractivity (Wildman–Crippen MR) is 87.4 cm³/mol. The van der Waals surface area contributed by atoms with Gasteiger partial charge < -0.3 is 0 Å². The minimum atomic E-state index is -6.71. The molecule has 158 valence electrons. The smallest absolute Gasteiger partial charge is 0.201 e. The molecule has 1 aliphatic rings. The van der Waals surface area contributed by atoms with Gasteiger partial charge in [0, 0.05) is 0 Å². The van der Waals surface area contributed by atoms with E-state index in [0.717, 1.165) is 0 Å². The van der Waals surface area contributed by atoms with Crippen molar-refractivity contribution in [1.29, 1.82) is 0 Å². The van der Waals surface area contributed by atoms with Gasteiger partial charge in [-0.25, -0.2) is 16.8 Å². The molecule has 0 bridgehead atoms. The van der Waals surface area contributed by atoms with Crippen molar-refractivity contribution < 1.29 is 43.2 Å². The van der Waals surface area contributed by atoms with Crippen LogP contribution in [0.15, 0.2) is 0 Å². The Balaban J connectivity index is 3.65. The van der Waals surface area contributed by atoms with Crippen LogP contribution in [-0.2, 0) is 20.0 Å². The predicted octanol–water partition coefficient (Wildman–Crippen LogP) is 4.08. The van der Waals surface area contributed by atoms with E-state index in [4.69, 9.17) is 0 Å². The second kappa shape index (κ2) is 8.03. The molecule has 26 heavy (non-hydrogen) atoms. The summed E-state index contributed by atoms with van der Waals surface area (Å²) in [6.45, 7) is 1.75. The number of nitrogens with zero attached hydrogens (tertiary/aromatic N) is 1. The molecule has 1 rings (SSSR count). The third-order valence-corrected chi connectivity index (χ3v) is 14.0. The monoisotopic (exact) mass is 453 g/mol. The largest absolute Gasteiger partial charge is 0.513 e. The Labute approximate surface area is 150 Å². The first-order valence-corrected chi connectivity index (χ1v) is 12.8. The van der Waals surface area contributed by atoms with E-state index >= 15 is 0 Å². The maximum atomic E-state index is 13.1. The van der Waals surface area contributed by atoms with Gasteiger partial charge in [0.05, 0.1) is 0 Å². The Morgan fingerprint density at radius 2 is 1.23 bits per heavy atom. The molecule has 0 radical (unpaired) electrons. The number of hydrogen-bond donors (Lipinski definition) is 0. The van der Waals surface area contributed by atoms with Crippen LogP contribution in [0.5, 0.6) is 0 Å². The minimum Gasteiger partial charge on any atom is -0.201 e. The quantitative estimate of drug-likeness (QED) is 0.430. The molecule has 0 aromatic heterocycles. The summed E-state index contributed by atoms with van der Waals surface area (Å²) in [5.74, 6) is -0.881. The second-order valence-electron chi connectivity index (χ2n) is 5.95. The zero-order valence-corrected chi connectivity index (χ0v) is 16.4. The standard InChI is InChI=1S/C12H21F6NO4S3/c1-2-3-5-8-24(9-6-4-7-10-24)19(25(20,21)11(13,14)15)26(22,23)12(16,17)18/h2-10H2,1H3. The van der Waals surface area contributed by atoms with Crippen molar-refractivity contribution in [1.82, 2.24) is 3.12 Å². The highest BCUT2D eigenvalue weighted by Gasteiger charge is 2.66. The Morgan fingerprint density at radius 3 is 1.58 bits per heavy atom. The van der Waals surface area contributed by atoms with Crippen LogP contribution < -0.4 is 0 Å². The molecule has 1 heterocycles. The van der Waals surface area contributed by atoms with Crippen molar-refractivity contribution in [3.8, 4) is 0 Å². The van der Waals surface area contributed by atoms with Gasteiger partial charge in [-0.1, -0.05) is 26.2 Å². The molecule has 0 spiro atoms. The van der Waals surface area contributed by atoms with Crippen LogP contribution in [0.1, 0.15) is 45.4 Å². The Morgan fingerprint density at radius 1 is 0.808 bits per heavy atom. The summed E-state index contributed by atoms with van der Waals surface area (Å²) >= 11 is 0. The van der Waals surface area contributed by atoms with Crippen molar-refractivity contribution in [3.05, 3.63) is 0 Å². The van der Waals surface area contributed by atoms with Gasteiger partial charge in [-0.05, 0) is 39.6 Å². The summed E-state index contributed by atoms with van der Waals surface area (Å²) in [6, 6.07) is 0. The Kier molecular flexibility index (Phi) is 7.36. The molecule has 0 N–H and O–H groups in total. The summed E-state index contributed by atoms with van der Waals surface area (Å²) in [4.78, 5) is 0. The number of halogens is 6. The summed E-state index contributed by atoms with van der Waals surface area (Å²) in [6.07, 6.45) is 2.04. The maximum Gasteiger partial charge on any atom is 0.513 e. The minimum absolute atomic E-state index is 0.156. The summed E-state index contributed by atoms with van der Waals surface area (Å²) in [5, 5.41) is 0. The summed E-state index contributed by atoms with van der Waals surface area (Å²) < 4.78 is 125. The molecule has 0 aliphatic carbocycles. The van der Waals surface area contributed by atoms with Crippen molar-refractivity contribution in [3.63, 3.8) is 0 Å². The maximum absolute atomic E-state index is 13.1. The van der Waals surface area contributed by atoms with Gasteiger partial charge in [-0.3, -0.25) is 0 Å². The van der Waals surface area contributed by atoms with E-state index in [1.54, 1.807) is 6.92 Å². The van der Waals surface area contributed by atoms with E-state index in [0.29, 0.717) is 19.3 Å². The average Bonchev–Trinajstić information content (AvgIpc) is 2.45. The molecule has 0 amide bonds. The molecule has 0 aromatic carbocycles. The van der Waals surface area contributed by atoms with E-state index in [1.165, 1.54) is 0 Å². The van der Waals surface area contributed by atoms with E-state index < -0.39 is 44.4 Å². The van der Waals surface area contributed by atoms with Gasteiger partial charge in [0.2, 0.25) is 0 Å². The van der Waals surface area contributed by atoms with E-state index in [9.17, 15) is 43.2 Å². The molecular formula is C12H21F6NO4S3. The number of alkyl halides is 6. The topological polar surface area (TPSA) is 71.5 Å². The molecule has 0 aromatic rings. The molecule has 5 nitrogen and oxygen atoms in total. The lowest BCUT2D eigenvalue weighted by Gasteiger charge is -2.49. The van der Waals surface area contributed by atoms with Crippen molar-refractivity contribution in [2.24, 2.45) is 0 Å². The van der Waals surface area contributed by atoms with Crippen molar-refractivity contribution in [2.75, 3.05) is 17.3 Å². The summed E-state index contributed by atoms with van der Waals surface area (Å²) in [5.41, 5.74) is -12.3. The Hall–Kier alpha value is -0.210. The van der Waals surface area contributed by atoms with Crippen LogP contribution in [0.3, 0.4) is 0 Å². The molecule has 1 saturated heterocycles. The molecular weight excluding hydrogens is 432 g/mol. The number of hydrogen-bond acceptors (Lipinski definition) is 4. The Bertz CT molecular complexity index is 637. The van der Waals surface area contributed by atoms with Crippen LogP contribution in [0.2, 0.25) is 0 Å². The van der Waals surface area contributed by atoms with Gasteiger partial charge in [0.25, 0.3) is 0 Å². The molecule has 1 aliphatic heterocycles. The number of sulfonamides is 2. The van der Waals surface area contributed by atoms with Crippen molar-refractivity contribution in [2.45, 2.75) is 56.5 Å². The van der Waals surface area contributed by atoms with Crippen LogP contribution in [0.4, 0.5) is 26.3 Å². The molecule has 0 saturated carbocycles. The zero-order chi connectivity index (χ0) is 20.4. The second-order valence-corrected chi connectivity index (χ2v) is 13.8. The van der Waals surface area contributed by atoms with Crippen LogP contribution >= 0.6 is 10.2 Å². The first kappa shape index (κ1) is 23.8. The fraction of sp³-hybridized carbons (Fsp3) is 1.00. The van der Waals surface area contributed by atoms with E-state index in [-0.39, 0.29) is 36.5 Å². The SMILES string of the molecule is CCCCCS1(N(S(=O)(=O)C(F)(F)F)S(=O)(=O)C(F)(F)F)CCCCC1. The highest BCUT2D eigenvalue weighted by molar-refractivity contribution is 8.41. The van der Waals surface area contributed by atoms with E-state index in [1.807, 2.05) is 0 Å². The third-order valence-electron chi connectivity index (χ3n) is 3.97. The van der Waals surface area contributed by atoms with Crippen molar-refractivity contribution >= 4 is 30.3 Å². The zero-order valence-electron chi connectivity index (χ0n) is 13.9. The van der Waals surface area contributed by atoms with E-state index in [2.05, 4.69) is 0 Å². The van der Waals surface area contributed by atoms with Gasteiger partial charge in [0.1, 0.15) is 0 Å². The number of unbranched alkanes of at least 4 members (excludes halogenated alkanes) is 2. The normalized spacial score (nSPS) is 20.9. The molecule has 1 fully saturated rings.